The number of alkyl carbamates (subject to hydrolysis) is 1. The van der Waals surface area contributed by atoms with Crippen LogP contribution in [0.25, 0.3) is 0 Å². The van der Waals surface area contributed by atoms with Crippen molar-refractivity contribution < 1.29 is 29.3 Å². The summed E-state index contributed by atoms with van der Waals surface area (Å²) in [6.45, 7) is 6.78. The molecule has 0 aromatic heterocycles. The minimum atomic E-state index is -1.57. The Morgan fingerprint density at radius 3 is 2.66 bits per heavy atom. The Kier molecular flexibility index (Phi) is 7.27. The molecule has 0 saturated carbocycles. The number of ether oxygens (including phenoxy) is 2. The number of carbonyl (C=O) groups excluding carboxylic acids is 1. The number of amides is 1. The number of hydrogen-bond acceptors (Lipinski definition) is 6. The fourth-order valence-corrected chi connectivity index (χ4v) is 2.61. The van der Waals surface area contributed by atoms with Gasteiger partial charge in [0, 0.05) is 19.6 Å². The summed E-state index contributed by atoms with van der Waals surface area (Å²) in [6.07, 6.45) is -2.07. The van der Waals surface area contributed by atoms with Crippen LogP contribution in [0.5, 0.6) is 5.75 Å². The Bertz CT molecular complexity index is 774. The standard InChI is InChI=1S/C19H28N4O6/c1-19(2,3)29-18(27)22-7-6-21-17(20)23-9-12-4-5-14(8-13(12)10-23)28-11-15(24)16(25)26/h4-5,8,15,24H,6-7,9-11H2,1-3H3,(H2,20,21)(H,22,27)(H,25,26)/t15-/m1/s1. The summed E-state index contributed by atoms with van der Waals surface area (Å²) < 4.78 is 10.5. The van der Waals surface area contributed by atoms with E-state index in [1.54, 1.807) is 32.9 Å². The quantitative estimate of drug-likeness (QED) is 0.292. The maximum atomic E-state index is 11.6. The second-order valence-corrected chi connectivity index (χ2v) is 7.62. The van der Waals surface area contributed by atoms with E-state index in [2.05, 4.69) is 10.3 Å². The third-order valence-electron chi connectivity index (χ3n) is 3.97. The van der Waals surface area contributed by atoms with Gasteiger partial charge in [0.1, 0.15) is 18.0 Å². The van der Waals surface area contributed by atoms with Crippen molar-refractivity contribution in [3.63, 3.8) is 0 Å². The molecule has 1 aliphatic heterocycles. The van der Waals surface area contributed by atoms with Crippen LogP contribution in [0.4, 0.5) is 4.79 Å². The topological polar surface area (TPSA) is 147 Å². The van der Waals surface area contributed by atoms with E-state index < -0.39 is 23.8 Å². The first-order valence-corrected chi connectivity index (χ1v) is 9.22. The number of carboxylic acids is 1. The molecule has 10 heteroatoms. The largest absolute Gasteiger partial charge is 0.490 e. The van der Waals surface area contributed by atoms with Gasteiger partial charge < -0.3 is 35.6 Å². The van der Waals surface area contributed by atoms with E-state index in [-0.39, 0.29) is 6.61 Å². The highest BCUT2D eigenvalue weighted by molar-refractivity contribution is 5.79. The molecule has 1 amide bonds. The molecule has 160 valence electrons. The van der Waals surface area contributed by atoms with Crippen LogP contribution in [0.1, 0.15) is 31.9 Å². The van der Waals surface area contributed by atoms with Crippen LogP contribution in [-0.4, -0.2) is 64.5 Å². The van der Waals surface area contributed by atoms with E-state index in [1.165, 1.54) is 0 Å². The number of aliphatic imine (C=N–C) groups is 1. The molecule has 5 N–H and O–H groups in total. The highest BCUT2D eigenvalue weighted by atomic mass is 16.6. The number of fused-ring (bicyclic) bond motifs is 1. The van der Waals surface area contributed by atoms with Gasteiger partial charge in [0.2, 0.25) is 0 Å². The van der Waals surface area contributed by atoms with Crippen LogP contribution in [0.3, 0.4) is 0 Å². The number of nitrogens with one attached hydrogen (secondary N) is 1. The number of aliphatic carboxylic acids is 1. The Balaban J connectivity index is 1.82. The molecule has 1 aromatic rings. The van der Waals surface area contributed by atoms with Crippen LogP contribution in [0.2, 0.25) is 0 Å². The van der Waals surface area contributed by atoms with Crippen molar-refractivity contribution in [2.45, 2.75) is 45.6 Å². The fourth-order valence-electron chi connectivity index (χ4n) is 2.61. The van der Waals surface area contributed by atoms with Crippen molar-refractivity contribution in [3.05, 3.63) is 29.3 Å². The van der Waals surface area contributed by atoms with Crippen molar-refractivity contribution >= 4 is 18.0 Å². The molecule has 2 rings (SSSR count). The number of rotatable bonds is 7. The molecule has 0 aliphatic carbocycles. The van der Waals surface area contributed by atoms with E-state index in [9.17, 15) is 14.7 Å². The van der Waals surface area contributed by atoms with Crippen LogP contribution < -0.4 is 15.8 Å². The van der Waals surface area contributed by atoms with E-state index in [4.69, 9.17) is 20.3 Å². The van der Waals surface area contributed by atoms with Gasteiger partial charge in [-0.15, -0.1) is 0 Å². The first-order chi connectivity index (χ1) is 13.5. The first kappa shape index (κ1) is 22.3. The number of nitrogens with two attached hydrogens (primary N) is 1. The Morgan fingerprint density at radius 2 is 2.00 bits per heavy atom. The molecule has 0 radical (unpaired) electrons. The average molecular weight is 408 g/mol. The maximum Gasteiger partial charge on any atom is 0.407 e. The highest BCUT2D eigenvalue weighted by Gasteiger charge is 2.22. The number of nitrogens with zero attached hydrogens (tertiary/aromatic N) is 2. The summed E-state index contributed by atoms with van der Waals surface area (Å²) in [4.78, 5) is 28.4. The molecule has 0 spiro atoms. The molecule has 1 atom stereocenters. The number of benzene rings is 1. The maximum absolute atomic E-state index is 11.6. The monoisotopic (exact) mass is 408 g/mol. The summed E-state index contributed by atoms with van der Waals surface area (Å²) >= 11 is 0. The molecular formula is C19H28N4O6. The second kappa shape index (κ2) is 9.46. The van der Waals surface area contributed by atoms with E-state index in [0.717, 1.165) is 11.1 Å². The molecule has 10 nitrogen and oxygen atoms in total. The molecule has 1 aromatic carbocycles. The van der Waals surface area contributed by atoms with Crippen molar-refractivity contribution in [1.29, 1.82) is 0 Å². The summed E-state index contributed by atoms with van der Waals surface area (Å²) in [7, 11) is 0. The van der Waals surface area contributed by atoms with Gasteiger partial charge >= 0.3 is 12.1 Å². The van der Waals surface area contributed by atoms with Gasteiger partial charge in [0.25, 0.3) is 0 Å². The highest BCUT2D eigenvalue weighted by Crippen LogP contribution is 2.26. The van der Waals surface area contributed by atoms with Crippen LogP contribution in [0.15, 0.2) is 23.2 Å². The summed E-state index contributed by atoms with van der Waals surface area (Å²) in [6, 6.07) is 5.38. The van der Waals surface area contributed by atoms with Crippen LogP contribution in [0, 0.1) is 0 Å². The van der Waals surface area contributed by atoms with E-state index >= 15 is 0 Å². The third-order valence-corrected chi connectivity index (χ3v) is 3.97. The van der Waals surface area contributed by atoms with Crippen molar-refractivity contribution in [1.82, 2.24) is 10.2 Å². The third kappa shape index (κ3) is 7.15. The van der Waals surface area contributed by atoms with Gasteiger partial charge in [0.15, 0.2) is 12.1 Å². The molecule has 0 unspecified atom stereocenters. The van der Waals surface area contributed by atoms with Gasteiger partial charge in [-0.3, -0.25) is 4.99 Å². The number of aliphatic hydroxyl groups is 1. The Labute approximate surface area is 169 Å². The van der Waals surface area contributed by atoms with Crippen LogP contribution >= 0.6 is 0 Å². The zero-order valence-electron chi connectivity index (χ0n) is 16.8. The predicted molar refractivity (Wildman–Crippen MR) is 106 cm³/mol. The Hall–Kier alpha value is -3.01. The Morgan fingerprint density at radius 1 is 1.31 bits per heavy atom. The van der Waals surface area contributed by atoms with Gasteiger partial charge in [0.05, 0.1) is 6.54 Å². The van der Waals surface area contributed by atoms with Crippen molar-refractivity contribution in [2.24, 2.45) is 10.7 Å². The predicted octanol–water partition coefficient (Wildman–Crippen LogP) is 0.666. The lowest BCUT2D eigenvalue weighted by molar-refractivity contribution is -0.148. The average Bonchev–Trinajstić information content (AvgIpc) is 3.04. The van der Waals surface area contributed by atoms with E-state index in [0.29, 0.717) is 37.9 Å². The van der Waals surface area contributed by atoms with Crippen molar-refractivity contribution in [2.75, 3.05) is 19.7 Å². The van der Waals surface area contributed by atoms with Crippen LogP contribution in [-0.2, 0) is 22.6 Å². The molecular weight excluding hydrogens is 380 g/mol. The number of hydrogen-bond donors (Lipinski definition) is 4. The molecule has 0 bridgehead atoms. The minimum absolute atomic E-state index is 0.306. The number of guanidine groups is 1. The molecule has 1 heterocycles. The van der Waals surface area contributed by atoms with Crippen molar-refractivity contribution in [3.8, 4) is 5.75 Å². The SMILES string of the molecule is CC(C)(C)OC(=O)NCCN=C(N)N1Cc2ccc(OC[C@@H](O)C(=O)O)cc2C1. The lowest BCUT2D eigenvalue weighted by Gasteiger charge is -2.19. The van der Waals surface area contributed by atoms with Gasteiger partial charge in [-0.25, -0.2) is 9.59 Å². The normalized spacial score (nSPS) is 14.9. The first-order valence-electron chi connectivity index (χ1n) is 9.22. The number of carboxylic acid groups (broad SMARTS) is 1. The smallest absolute Gasteiger partial charge is 0.407 e. The van der Waals surface area contributed by atoms with Gasteiger partial charge in [-0.1, -0.05) is 6.07 Å². The zero-order chi connectivity index (χ0) is 21.6. The number of carbonyl (C=O) groups is 2. The summed E-state index contributed by atoms with van der Waals surface area (Å²) in [5.41, 5.74) is 7.54. The molecule has 1 aliphatic rings. The lowest BCUT2D eigenvalue weighted by atomic mass is 10.1. The minimum Gasteiger partial charge on any atom is -0.490 e. The molecule has 0 saturated heterocycles. The van der Waals surface area contributed by atoms with Gasteiger partial charge in [-0.2, -0.15) is 0 Å². The zero-order valence-corrected chi connectivity index (χ0v) is 16.8. The number of aliphatic hydroxyl groups excluding tert-OH is 1. The lowest BCUT2D eigenvalue weighted by Crippen LogP contribution is -2.36. The van der Waals surface area contributed by atoms with E-state index in [1.807, 2.05) is 11.0 Å². The molecule has 0 fully saturated rings. The summed E-state index contributed by atoms with van der Waals surface area (Å²) in [5.74, 6) is -0.499. The fraction of sp³-hybridized carbons (Fsp3) is 0.526. The summed E-state index contributed by atoms with van der Waals surface area (Å²) in [5, 5.41) is 20.6. The van der Waals surface area contributed by atoms with Gasteiger partial charge in [-0.05, 0) is 44.0 Å². The molecule has 29 heavy (non-hydrogen) atoms. The second-order valence-electron chi connectivity index (χ2n) is 7.62.